The van der Waals surface area contributed by atoms with Crippen LogP contribution < -0.4 is 0 Å². The van der Waals surface area contributed by atoms with E-state index in [1.54, 1.807) is 25.6 Å². The fraction of sp³-hybridized carbons (Fsp3) is 0.211. The minimum absolute atomic E-state index is 0.687. The first-order valence-corrected chi connectivity index (χ1v) is 8.41. The van der Waals surface area contributed by atoms with Crippen molar-refractivity contribution in [2.45, 2.75) is 36.0 Å². The van der Waals surface area contributed by atoms with Crippen molar-refractivity contribution in [3.63, 3.8) is 0 Å². The minimum Gasteiger partial charge on any atom is -0.384 e. The van der Waals surface area contributed by atoms with Gasteiger partial charge in [0.1, 0.15) is 5.60 Å². The van der Waals surface area contributed by atoms with Crippen molar-refractivity contribution in [1.82, 2.24) is 9.55 Å². The van der Waals surface area contributed by atoms with Crippen LogP contribution >= 0.6 is 11.8 Å². The van der Waals surface area contributed by atoms with Gasteiger partial charge in [-0.1, -0.05) is 60.3 Å². The van der Waals surface area contributed by atoms with Gasteiger partial charge in [-0.3, -0.25) is 0 Å². The maximum absolute atomic E-state index is 10.3. The van der Waals surface area contributed by atoms with Crippen LogP contribution in [0.1, 0.15) is 25.1 Å². The monoisotopic (exact) mass is 324 g/mol. The van der Waals surface area contributed by atoms with Crippen molar-refractivity contribution in [3.05, 3.63) is 78.1 Å². The molecule has 23 heavy (non-hydrogen) atoms. The second-order valence-corrected chi connectivity index (χ2v) is 7.04. The van der Waals surface area contributed by atoms with Crippen molar-refractivity contribution in [2.75, 3.05) is 0 Å². The number of nitrogens with zero attached hydrogens (tertiary/aromatic N) is 2. The third-order valence-corrected chi connectivity index (χ3v) is 4.53. The largest absolute Gasteiger partial charge is 0.384 e. The Hall–Kier alpha value is -2.04. The van der Waals surface area contributed by atoms with Crippen LogP contribution in [0.5, 0.6) is 0 Å². The first kappa shape index (κ1) is 15.8. The lowest BCUT2D eigenvalue weighted by Crippen LogP contribution is -2.15. The third-order valence-electron chi connectivity index (χ3n) is 3.51. The molecule has 0 bridgehead atoms. The van der Waals surface area contributed by atoms with Crippen molar-refractivity contribution in [3.8, 4) is 0 Å². The normalized spacial score (nSPS) is 11.6. The SMILES string of the molecule is CC(C)(O)c1cn(Cc2ccccc2)c(Sc2ccccc2)n1. The van der Waals surface area contributed by atoms with Crippen LogP contribution in [0.4, 0.5) is 0 Å². The molecule has 1 aromatic heterocycles. The van der Waals surface area contributed by atoms with E-state index in [1.807, 2.05) is 42.6 Å². The zero-order chi connectivity index (χ0) is 16.3. The topological polar surface area (TPSA) is 38.0 Å². The molecule has 0 fully saturated rings. The van der Waals surface area contributed by atoms with Crippen molar-refractivity contribution in [1.29, 1.82) is 0 Å². The Morgan fingerprint density at radius 2 is 1.61 bits per heavy atom. The first-order valence-electron chi connectivity index (χ1n) is 7.59. The van der Waals surface area contributed by atoms with E-state index in [1.165, 1.54) is 5.56 Å². The van der Waals surface area contributed by atoms with Crippen LogP contribution in [0.2, 0.25) is 0 Å². The summed E-state index contributed by atoms with van der Waals surface area (Å²) in [7, 11) is 0. The van der Waals surface area contributed by atoms with E-state index in [2.05, 4.69) is 33.8 Å². The molecule has 0 saturated heterocycles. The van der Waals surface area contributed by atoms with Crippen molar-refractivity contribution >= 4 is 11.8 Å². The van der Waals surface area contributed by atoms with Gasteiger partial charge >= 0.3 is 0 Å². The Labute approximate surface area is 141 Å². The number of imidazole rings is 1. The summed E-state index contributed by atoms with van der Waals surface area (Å²) in [5, 5.41) is 11.2. The molecular weight excluding hydrogens is 304 g/mol. The molecule has 0 aliphatic rings. The zero-order valence-electron chi connectivity index (χ0n) is 13.3. The Kier molecular flexibility index (Phi) is 4.55. The number of aromatic nitrogens is 2. The molecule has 0 atom stereocenters. The second-order valence-electron chi connectivity index (χ2n) is 6.00. The number of benzene rings is 2. The molecule has 2 aromatic carbocycles. The highest BCUT2D eigenvalue weighted by Gasteiger charge is 2.22. The quantitative estimate of drug-likeness (QED) is 0.760. The number of hydrogen-bond donors (Lipinski definition) is 1. The van der Waals surface area contributed by atoms with Crippen LogP contribution in [-0.4, -0.2) is 14.7 Å². The number of hydrogen-bond acceptors (Lipinski definition) is 3. The summed E-state index contributed by atoms with van der Waals surface area (Å²) in [6, 6.07) is 20.4. The Bertz CT molecular complexity index is 702. The second kappa shape index (κ2) is 6.60. The molecule has 4 heteroatoms. The number of aliphatic hydroxyl groups is 1. The Morgan fingerprint density at radius 1 is 1.00 bits per heavy atom. The average Bonchev–Trinajstić information content (AvgIpc) is 2.92. The van der Waals surface area contributed by atoms with Gasteiger partial charge in [0, 0.05) is 17.6 Å². The van der Waals surface area contributed by atoms with E-state index in [4.69, 9.17) is 0 Å². The van der Waals surface area contributed by atoms with E-state index in [0.717, 1.165) is 16.6 Å². The van der Waals surface area contributed by atoms with Crippen LogP contribution in [0.15, 0.2) is 76.9 Å². The van der Waals surface area contributed by atoms with Gasteiger partial charge < -0.3 is 9.67 Å². The van der Waals surface area contributed by atoms with Crippen LogP contribution in [-0.2, 0) is 12.1 Å². The van der Waals surface area contributed by atoms with E-state index < -0.39 is 5.60 Å². The fourth-order valence-corrected chi connectivity index (χ4v) is 3.15. The summed E-state index contributed by atoms with van der Waals surface area (Å²) in [6.45, 7) is 4.26. The van der Waals surface area contributed by atoms with Gasteiger partial charge in [-0.2, -0.15) is 0 Å². The van der Waals surface area contributed by atoms with Crippen molar-refractivity contribution < 1.29 is 5.11 Å². The summed E-state index contributed by atoms with van der Waals surface area (Å²) in [6.07, 6.45) is 1.94. The maximum atomic E-state index is 10.3. The molecule has 1 N–H and O–H groups in total. The molecule has 0 amide bonds. The van der Waals surface area contributed by atoms with Gasteiger partial charge in [-0.15, -0.1) is 0 Å². The first-order chi connectivity index (χ1) is 11.0. The molecule has 0 aliphatic heterocycles. The summed E-state index contributed by atoms with van der Waals surface area (Å²) < 4.78 is 2.10. The van der Waals surface area contributed by atoms with E-state index >= 15 is 0 Å². The molecule has 0 unspecified atom stereocenters. The van der Waals surface area contributed by atoms with Gasteiger partial charge in [0.25, 0.3) is 0 Å². The summed E-state index contributed by atoms with van der Waals surface area (Å²) >= 11 is 1.61. The molecule has 1 heterocycles. The van der Waals surface area contributed by atoms with Gasteiger partial charge in [0.2, 0.25) is 0 Å². The van der Waals surface area contributed by atoms with E-state index in [-0.39, 0.29) is 0 Å². The van der Waals surface area contributed by atoms with Crippen LogP contribution in [0.3, 0.4) is 0 Å². The zero-order valence-corrected chi connectivity index (χ0v) is 14.1. The van der Waals surface area contributed by atoms with Gasteiger partial charge in [-0.25, -0.2) is 4.98 Å². The van der Waals surface area contributed by atoms with Crippen LogP contribution in [0.25, 0.3) is 0 Å². The molecule has 118 valence electrons. The van der Waals surface area contributed by atoms with Crippen LogP contribution in [0, 0.1) is 0 Å². The third kappa shape index (κ3) is 4.03. The lowest BCUT2D eigenvalue weighted by Gasteiger charge is -2.12. The highest BCUT2D eigenvalue weighted by Crippen LogP contribution is 2.30. The standard InChI is InChI=1S/C19H20N2OS/c1-19(2,22)17-14-21(13-15-9-5-3-6-10-15)18(20-17)23-16-11-7-4-8-12-16/h3-12,14,22H,13H2,1-2H3. The predicted octanol–water partition coefficient (Wildman–Crippen LogP) is 4.31. The maximum Gasteiger partial charge on any atom is 0.173 e. The average molecular weight is 324 g/mol. The van der Waals surface area contributed by atoms with Gasteiger partial charge in [0.15, 0.2) is 5.16 Å². The molecule has 0 aliphatic carbocycles. The molecular formula is C19H20N2OS. The molecule has 3 aromatic rings. The summed E-state index contributed by atoms with van der Waals surface area (Å²) in [4.78, 5) is 5.78. The van der Waals surface area contributed by atoms with Gasteiger partial charge in [0.05, 0.1) is 5.69 Å². The molecule has 0 radical (unpaired) electrons. The lowest BCUT2D eigenvalue weighted by molar-refractivity contribution is 0.0739. The number of rotatable bonds is 5. The van der Waals surface area contributed by atoms with Crippen molar-refractivity contribution in [2.24, 2.45) is 0 Å². The highest BCUT2D eigenvalue weighted by molar-refractivity contribution is 7.99. The molecule has 3 nitrogen and oxygen atoms in total. The van der Waals surface area contributed by atoms with Gasteiger partial charge in [-0.05, 0) is 31.5 Å². The molecule has 3 rings (SSSR count). The Balaban J connectivity index is 1.94. The summed E-state index contributed by atoms with van der Waals surface area (Å²) in [5.41, 5.74) is 0.947. The molecule has 0 spiro atoms. The highest BCUT2D eigenvalue weighted by atomic mass is 32.2. The smallest absolute Gasteiger partial charge is 0.173 e. The Morgan fingerprint density at radius 3 is 2.22 bits per heavy atom. The van der Waals surface area contributed by atoms with E-state index in [0.29, 0.717) is 5.69 Å². The van der Waals surface area contributed by atoms with E-state index in [9.17, 15) is 5.11 Å². The lowest BCUT2D eigenvalue weighted by atomic mass is 10.1. The summed E-state index contributed by atoms with van der Waals surface area (Å²) in [5.74, 6) is 0. The molecule has 0 saturated carbocycles. The minimum atomic E-state index is -0.950. The predicted molar refractivity (Wildman–Crippen MR) is 93.6 cm³/mol. The fourth-order valence-electron chi connectivity index (χ4n) is 2.26.